The molecule has 7 nitrogen and oxygen atoms in total. The molecule has 0 saturated carbocycles. The Morgan fingerprint density at radius 2 is 1.08 bits per heavy atom. The molecule has 0 saturated heterocycles. The van der Waals surface area contributed by atoms with Crippen LogP contribution in [0.5, 0.6) is 0 Å². The van der Waals surface area contributed by atoms with E-state index in [0.717, 1.165) is 0 Å². The lowest BCUT2D eigenvalue weighted by Gasteiger charge is -2.03. The molecule has 0 atom stereocenters. The third-order valence-corrected chi connectivity index (χ3v) is 1.80. The van der Waals surface area contributed by atoms with Gasteiger partial charge in [-0.25, -0.2) is 4.57 Å². The summed E-state index contributed by atoms with van der Waals surface area (Å²) in [5.74, 6) is 0. The van der Waals surface area contributed by atoms with E-state index in [1.165, 1.54) is 0 Å². The monoisotopic (exact) mass is 222 g/mol. The van der Waals surface area contributed by atoms with Gasteiger partial charge in [0.05, 0.1) is 19.0 Å². The summed E-state index contributed by atoms with van der Waals surface area (Å²) in [4.78, 5) is 21.6. The molecule has 9 heteroatoms. The molecule has 0 aromatic heterocycles. The minimum atomic E-state index is -4.64. The summed E-state index contributed by atoms with van der Waals surface area (Å²) in [5, 5.41) is 24.7. The van der Waals surface area contributed by atoms with Crippen molar-refractivity contribution in [2.24, 2.45) is 0 Å². The lowest BCUT2D eigenvalue weighted by atomic mass is 11.6. The standard InChI is InChI=1S/C3H9O3P.H3O4P/c4-1-7(2-5)3-6;1-5(2,3)4/h4-6H,1-3H2;(H3,1,2,3,4). The van der Waals surface area contributed by atoms with Gasteiger partial charge in [-0.15, -0.1) is 0 Å². The van der Waals surface area contributed by atoms with Crippen molar-refractivity contribution in [3.8, 4) is 0 Å². The first-order valence-corrected chi connectivity index (χ1v) is 6.14. The number of rotatable bonds is 3. The highest BCUT2D eigenvalue weighted by Gasteiger charge is 2.00. The van der Waals surface area contributed by atoms with Crippen molar-refractivity contribution in [1.29, 1.82) is 0 Å². The van der Waals surface area contributed by atoms with E-state index in [-0.39, 0.29) is 19.0 Å². The zero-order chi connectivity index (χ0) is 10.2. The molecule has 0 fully saturated rings. The topological polar surface area (TPSA) is 138 Å². The molecular weight excluding hydrogens is 210 g/mol. The van der Waals surface area contributed by atoms with Gasteiger partial charge in [-0.2, -0.15) is 0 Å². The van der Waals surface area contributed by atoms with Gasteiger partial charge >= 0.3 is 7.82 Å². The van der Waals surface area contributed by atoms with Crippen LogP contribution in [-0.4, -0.2) is 49.0 Å². The van der Waals surface area contributed by atoms with Crippen molar-refractivity contribution < 1.29 is 34.6 Å². The van der Waals surface area contributed by atoms with Gasteiger partial charge in [0.25, 0.3) is 0 Å². The Kier molecular flexibility index (Phi) is 9.99. The fraction of sp³-hybridized carbons (Fsp3) is 1.00. The number of aliphatic hydroxyl groups excluding tert-OH is 3. The van der Waals surface area contributed by atoms with E-state index in [1.807, 2.05) is 0 Å². The molecule has 12 heavy (non-hydrogen) atoms. The summed E-state index contributed by atoms with van der Waals surface area (Å²) in [6.45, 7) is 0. The first kappa shape index (κ1) is 14.9. The Morgan fingerprint density at radius 1 is 0.917 bits per heavy atom. The van der Waals surface area contributed by atoms with Gasteiger partial charge in [0.1, 0.15) is 0 Å². The van der Waals surface area contributed by atoms with Crippen LogP contribution in [-0.2, 0) is 4.57 Å². The maximum atomic E-state index is 8.88. The second kappa shape index (κ2) is 8.04. The van der Waals surface area contributed by atoms with E-state index in [0.29, 0.717) is 0 Å². The van der Waals surface area contributed by atoms with Gasteiger partial charge in [0.2, 0.25) is 0 Å². The molecule has 0 bridgehead atoms. The SMILES string of the molecule is O=P(O)(O)O.OCP(CO)CO. The first-order valence-electron chi connectivity index (χ1n) is 2.68. The van der Waals surface area contributed by atoms with Crippen molar-refractivity contribution in [3.05, 3.63) is 0 Å². The fourth-order valence-electron chi connectivity index (χ4n) is 0.134. The maximum Gasteiger partial charge on any atom is 0.466 e. The third-order valence-electron chi connectivity index (χ3n) is 0.600. The van der Waals surface area contributed by atoms with Crippen LogP contribution in [0.15, 0.2) is 0 Å². The van der Waals surface area contributed by atoms with E-state index in [1.54, 1.807) is 0 Å². The largest absolute Gasteiger partial charge is 0.466 e. The van der Waals surface area contributed by atoms with Crippen molar-refractivity contribution in [1.82, 2.24) is 0 Å². The highest BCUT2D eigenvalue weighted by atomic mass is 31.2. The van der Waals surface area contributed by atoms with Gasteiger partial charge in [0, 0.05) is 0 Å². The van der Waals surface area contributed by atoms with E-state index < -0.39 is 15.7 Å². The zero-order valence-electron chi connectivity index (χ0n) is 6.11. The summed E-state index contributed by atoms with van der Waals surface area (Å²) in [6.07, 6.45) is -0.243. The third kappa shape index (κ3) is 22.4. The van der Waals surface area contributed by atoms with Crippen LogP contribution in [0.2, 0.25) is 0 Å². The number of hydrogen-bond acceptors (Lipinski definition) is 4. The van der Waals surface area contributed by atoms with Gasteiger partial charge in [-0.3, -0.25) is 0 Å². The lowest BCUT2D eigenvalue weighted by Crippen LogP contribution is -1.91. The number of hydrogen-bond donors (Lipinski definition) is 6. The molecule has 0 aliphatic carbocycles. The number of phosphoric acid groups is 1. The van der Waals surface area contributed by atoms with Crippen molar-refractivity contribution in [2.75, 3.05) is 19.0 Å². The summed E-state index contributed by atoms with van der Waals surface area (Å²) >= 11 is 0. The van der Waals surface area contributed by atoms with Crippen molar-refractivity contribution in [2.45, 2.75) is 0 Å². The molecular formula is C3H12O7P2. The van der Waals surface area contributed by atoms with Crippen LogP contribution < -0.4 is 0 Å². The Labute approximate surface area is 70.3 Å². The van der Waals surface area contributed by atoms with Gasteiger partial charge < -0.3 is 30.0 Å². The van der Waals surface area contributed by atoms with Crippen LogP contribution in [0.25, 0.3) is 0 Å². The van der Waals surface area contributed by atoms with Crippen LogP contribution in [0.4, 0.5) is 0 Å². The predicted octanol–water partition coefficient (Wildman–Crippen LogP) is -1.61. The minimum Gasteiger partial charge on any atom is -0.392 e. The maximum absolute atomic E-state index is 8.88. The lowest BCUT2D eigenvalue weighted by molar-refractivity contribution is 0.275. The Balaban J connectivity index is 0. The van der Waals surface area contributed by atoms with Crippen LogP contribution in [0.1, 0.15) is 0 Å². The molecule has 76 valence electrons. The molecule has 0 spiro atoms. The molecule has 0 radical (unpaired) electrons. The van der Waals surface area contributed by atoms with Crippen LogP contribution in [0.3, 0.4) is 0 Å². The van der Waals surface area contributed by atoms with E-state index in [2.05, 4.69) is 0 Å². The van der Waals surface area contributed by atoms with Crippen LogP contribution in [0, 0.1) is 0 Å². The smallest absolute Gasteiger partial charge is 0.392 e. The van der Waals surface area contributed by atoms with Crippen LogP contribution >= 0.6 is 15.7 Å². The molecule has 0 aromatic carbocycles. The quantitative estimate of drug-likeness (QED) is 0.316. The normalized spacial score (nSPS) is 10.9. The first-order chi connectivity index (χ1) is 5.35. The highest BCUT2D eigenvalue weighted by molar-refractivity contribution is 7.56. The zero-order valence-corrected chi connectivity index (χ0v) is 7.90. The number of aliphatic hydroxyl groups is 3. The molecule has 0 aliphatic heterocycles. The minimum absolute atomic E-state index is 0.0810. The molecule has 0 rings (SSSR count). The van der Waals surface area contributed by atoms with Gasteiger partial charge in [-0.1, -0.05) is 0 Å². The molecule has 0 unspecified atom stereocenters. The average Bonchev–Trinajstić information content (AvgIpc) is 1.88. The average molecular weight is 222 g/mol. The molecule has 6 N–H and O–H groups in total. The molecule has 0 aliphatic rings. The summed E-state index contributed by atoms with van der Waals surface area (Å²) in [6, 6.07) is 0. The highest BCUT2D eigenvalue weighted by Crippen LogP contribution is 2.29. The Hall–Kier alpha value is 0.420. The van der Waals surface area contributed by atoms with E-state index in [4.69, 9.17) is 34.6 Å². The Bertz CT molecular complexity index is 115. The second-order valence-electron chi connectivity index (χ2n) is 1.61. The summed E-state index contributed by atoms with van der Waals surface area (Å²) < 4.78 is 8.88. The van der Waals surface area contributed by atoms with Crippen molar-refractivity contribution in [3.63, 3.8) is 0 Å². The fourth-order valence-corrected chi connectivity index (χ4v) is 0.402. The van der Waals surface area contributed by atoms with Gasteiger partial charge in [-0.05, 0) is 7.92 Å². The van der Waals surface area contributed by atoms with Gasteiger partial charge in [0.15, 0.2) is 0 Å². The Morgan fingerprint density at radius 3 is 1.08 bits per heavy atom. The predicted molar refractivity (Wildman–Crippen MR) is 42.4 cm³/mol. The molecule has 0 amide bonds. The summed E-state index contributed by atoms with van der Waals surface area (Å²) in [5.41, 5.74) is 0. The second-order valence-corrected chi connectivity index (χ2v) is 4.83. The molecule has 0 heterocycles. The van der Waals surface area contributed by atoms with Crippen molar-refractivity contribution >= 4 is 15.7 Å². The summed E-state index contributed by atoms with van der Waals surface area (Å²) in [7, 11) is -5.53. The molecule has 0 aromatic rings. The van der Waals surface area contributed by atoms with E-state index >= 15 is 0 Å². The van der Waals surface area contributed by atoms with E-state index in [9.17, 15) is 0 Å².